The molecule has 7 aromatic rings. The Morgan fingerprint density at radius 3 is 1.33 bits per heavy atom. The van der Waals surface area contributed by atoms with Gasteiger partial charge >= 0.3 is 0 Å². The first-order chi connectivity index (χ1) is 17.8. The molecule has 4 aromatic carbocycles. The van der Waals surface area contributed by atoms with Crippen LogP contribution in [-0.2, 0) is 0 Å². The predicted octanol–water partition coefficient (Wildman–Crippen LogP) is 8.97. The quantitative estimate of drug-likeness (QED) is 0.244. The van der Waals surface area contributed by atoms with Gasteiger partial charge in [0, 0.05) is 22.3 Å². The lowest BCUT2D eigenvalue weighted by atomic mass is 10.0. The summed E-state index contributed by atoms with van der Waals surface area (Å²) in [6.07, 6.45) is 0. The third kappa shape index (κ3) is 3.88. The number of hydrogen-bond acceptors (Lipinski definition) is 5. The average Bonchev–Trinajstić information content (AvgIpc) is 3.58. The fraction of sp³-hybridized carbons (Fsp3) is 0. The Hall–Kier alpha value is -4.19. The molecule has 0 fully saturated rings. The third-order valence-corrected chi connectivity index (χ3v) is 8.32. The van der Waals surface area contributed by atoms with Crippen LogP contribution < -0.4 is 0 Å². The number of pyridine rings is 1. The van der Waals surface area contributed by atoms with E-state index in [-0.39, 0.29) is 0 Å². The van der Waals surface area contributed by atoms with Crippen LogP contribution in [0, 0.1) is 0 Å². The van der Waals surface area contributed by atoms with Crippen molar-refractivity contribution < 1.29 is 0 Å². The van der Waals surface area contributed by atoms with Gasteiger partial charge in [-0.15, -0.1) is 22.7 Å². The first kappa shape index (κ1) is 21.1. The van der Waals surface area contributed by atoms with E-state index in [4.69, 9.17) is 15.0 Å². The summed E-state index contributed by atoms with van der Waals surface area (Å²) in [5.41, 5.74) is 8.35. The highest BCUT2D eigenvalue weighted by molar-refractivity contribution is 7.22. The van der Waals surface area contributed by atoms with Crippen LogP contribution in [-0.4, -0.2) is 15.0 Å². The van der Waals surface area contributed by atoms with Crippen LogP contribution in [0.3, 0.4) is 0 Å². The number of nitrogens with zero attached hydrogens (tertiary/aromatic N) is 3. The maximum atomic E-state index is 5.03. The molecule has 3 nitrogen and oxygen atoms in total. The number of thiazole rings is 2. The zero-order valence-corrected chi connectivity index (χ0v) is 20.8. The minimum atomic E-state index is 0.945. The molecule has 0 radical (unpaired) electrons. The van der Waals surface area contributed by atoms with Crippen molar-refractivity contribution in [2.45, 2.75) is 0 Å². The summed E-state index contributed by atoms with van der Waals surface area (Å²) in [5.74, 6) is 0. The molecule has 36 heavy (non-hydrogen) atoms. The molecule has 0 saturated heterocycles. The molecule has 0 unspecified atom stereocenters. The topological polar surface area (TPSA) is 38.7 Å². The van der Waals surface area contributed by atoms with Crippen molar-refractivity contribution in [2.75, 3.05) is 0 Å². The van der Waals surface area contributed by atoms with E-state index >= 15 is 0 Å². The number of hydrogen-bond donors (Lipinski definition) is 0. The van der Waals surface area contributed by atoms with Crippen molar-refractivity contribution in [2.24, 2.45) is 0 Å². The van der Waals surface area contributed by atoms with Crippen LogP contribution >= 0.6 is 22.7 Å². The smallest absolute Gasteiger partial charge is 0.124 e. The van der Waals surface area contributed by atoms with Gasteiger partial charge in [0.2, 0.25) is 0 Å². The van der Waals surface area contributed by atoms with Gasteiger partial charge in [-0.05, 0) is 48.5 Å². The Morgan fingerprint density at radius 1 is 0.389 bits per heavy atom. The van der Waals surface area contributed by atoms with Crippen molar-refractivity contribution in [1.29, 1.82) is 0 Å². The molecule has 0 aliphatic heterocycles. The molecule has 0 amide bonds. The number of aromatic nitrogens is 3. The van der Waals surface area contributed by atoms with E-state index in [0.717, 1.165) is 54.7 Å². The van der Waals surface area contributed by atoms with Crippen LogP contribution in [0.5, 0.6) is 0 Å². The lowest BCUT2D eigenvalue weighted by Crippen LogP contribution is -1.89. The number of benzene rings is 4. The molecule has 7 rings (SSSR count). The maximum absolute atomic E-state index is 5.03. The van der Waals surface area contributed by atoms with E-state index in [1.165, 1.54) is 9.40 Å². The van der Waals surface area contributed by atoms with Crippen molar-refractivity contribution in [3.63, 3.8) is 0 Å². The molecule has 3 aromatic heterocycles. The SMILES string of the molecule is c1cc(-c2cccc(-c3cccc(-c4nc5ccccc5s4)c3)n2)cc(-c2nc3ccccc3s2)c1. The number of fused-ring (bicyclic) bond motifs is 2. The number of rotatable bonds is 4. The maximum Gasteiger partial charge on any atom is 0.124 e. The molecule has 0 bridgehead atoms. The van der Waals surface area contributed by atoms with Crippen LogP contribution in [0.4, 0.5) is 0 Å². The van der Waals surface area contributed by atoms with Gasteiger partial charge in [0.1, 0.15) is 10.0 Å². The third-order valence-electron chi connectivity index (χ3n) is 6.15. The minimum absolute atomic E-state index is 0.945. The lowest BCUT2D eigenvalue weighted by Gasteiger charge is -2.07. The summed E-state index contributed by atoms with van der Waals surface area (Å²) in [4.78, 5) is 14.7. The average molecular weight is 498 g/mol. The molecule has 0 aliphatic carbocycles. The Bertz CT molecular complexity index is 1670. The normalized spacial score (nSPS) is 11.3. The van der Waals surface area contributed by atoms with E-state index < -0.39 is 0 Å². The molecule has 0 spiro atoms. The van der Waals surface area contributed by atoms with Crippen LogP contribution in [0.25, 0.3) is 64.1 Å². The van der Waals surface area contributed by atoms with Gasteiger partial charge in [0.05, 0.1) is 31.8 Å². The Kier molecular flexibility index (Phi) is 5.16. The Labute approximate surface area is 216 Å². The van der Waals surface area contributed by atoms with Gasteiger partial charge in [-0.25, -0.2) is 15.0 Å². The summed E-state index contributed by atoms with van der Waals surface area (Å²) >= 11 is 3.44. The highest BCUT2D eigenvalue weighted by Crippen LogP contribution is 2.34. The van der Waals surface area contributed by atoms with Gasteiger partial charge in [-0.1, -0.05) is 66.7 Å². The van der Waals surface area contributed by atoms with Crippen LogP contribution in [0.1, 0.15) is 0 Å². The van der Waals surface area contributed by atoms with Gasteiger partial charge in [-0.3, -0.25) is 0 Å². The lowest BCUT2D eigenvalue weighted by molar-refractivity contribution is 1.32. The molecule has 0 N–H and O–H groups in total. The number of para-hydroxylation sites is 2. The molecule has 0 saturated carbocycles. The zero-order chi connectivity index (χ0) is 23.9. The fourth-order valence-corrected chi connectivity index (χ4v) is 6.29. The van der Waals surface area contributed by atoms with Crippen molar-refractivity contribution in [3.05, 3.63) is 115 Å². The van der Waals surface area contributed by atoms with Crippen molar-refractivity contribution >= 4 is 43.1 Å². The second-order valence-electron chi connectivity index (χ2n) is 8.54. The zero-order valence-electron chi connectivity index (χ0n) is 19.1. The molecule has 0 atom stereocenters. The van der Waals surface area contributed by atoms with Gasteiger partial charge < -0.3 is 0 Å². The van der Waals surface area contributed by atoms with Gasteiger partial charge in [-0.2, -0.15) is 0 Å². The Morgan fingerprint density at radius 2 is 0.833 bits per heavy atom. The second kappa shape index (κ2) is 8.79. The highest BCUT2D eigenvalue weighted by atomic mass is 32.1. The molecule has 5 heteroatoms. The molecule has 170 valence electrons. The summed E-state index contributed by atoms with van der Waals surface area (Å²) < 4.78 is 2.40. The molecular formula is C31H19N3S2. The second-order valence-corrected chi connectivity index (χ2v) is 10.6. The van der Waals surface area contributed by atoms with E-state index in [2.05, 4.69) is 103 Å². The van der Waals surface area contributed by atoms with Crippen LogP contribution in [0.15, 0.2) is 115 Å². The van der Waals surface area contributed by atoms with E-state index in [1.54, 1.807) is 22.7 Å². The van der Waals surface area contributed by atoms with E-state index in [9.17, 15) is 0 Å². The summed E-state index contributed by atoms with van der Waals surface area (Å²) in [7, 11) is 0. The predicted molar refractivity (Wildman–Crippen MR) is 152 cm³/mol. The first-order valence-corrected chi connectivity index (χ1v) is 13.3. The van der Waals surface area contributed by atoms with Gasteiger partial charge in [0.25, 0.3) is 0 Å². The fourth-order valence-electron chi connectivity index (χ4n) is 4.37. The largest absolute Gasteiger partial charge is 0.248 e. The van der Waals surface area contributed by atoms with Crippen molar-refractivity contribution in [1.82, 2.24) is 15.0 Å². The molecule has 0 aliphatic rings. The summed E-state index contributed by atoms with van der Waals surface area (Å²) in [6, 6.07) is 39.7. The minimum Gasteiger partial charge on any atom is -0.248 e. The van der Waals surface area contributed by atoms with Crippen LogP contribution in [0.2, 0.25) is 0 Å². The monoisotopic (exact) mass is 497 g/mol. The standard InChI is InChI=1S/C31H19N3S2/c1-3-16-28-26(12-1)33-30(35-28)22-10-5-8-20(18-22)24-14-7-15-25(32-24)21-9-6-11-23(19-21)31-34-27-13-2-4-17-29(27)36-31/h1-19H. The first-order valence-electron chi connectivity index (χ1n) is 11.7. The van der Waals surface area contributed by atoms with E-state index in [1.807, 2.05) is 12.1 Å². The summed E-state index contributed by atoms with van der Waals surface area (Å²) in [6.45, 7) is 0. The molecule has 3 heterocycles. The summed E-state index contributed by atoms with van der Waals surface area (Å²) in [5, 5.41) is 2.05. The molecular weight excluding hydrogens is 478 g/mol. The van der Waals surface area contributed by atoms with Gasteiger partial charge in [0.15, 0.2) is 0 Å². The Balaban J connectivity index is 1.24. The van der Waals surface area contributed by atoms with Crippen molar-refractivity contribution in [3.8, 4) is 43.7 Å². The van der Waals surface area contributed by atoms with E-state index in [0.29, 0.717) is 0 Å². The highest BCUT2D eigenvalue weighted by Gasteiger charge is 2.11.